The molecule has 0 spiro atoms. The number of hydrogen-bond acceptors (Lipinski definition) is 3. The molecule has 0 bridgehead atoms. The van der Waals surface area contributed by atoms with Crippen LogP contribution in [0.25, 0.3) is 0 Å². The van der Waals surface area contributed by atoms with Crippen LogP contribution in [0.2, 0.25) is 6.04 Å². The molecule has 1 radical (unpaired) electrons. The van der Waals surface area contributed by atoms with Crippen molar-refractivity contribution >= 4 is 27.0 Å². The number of carbonyl (C=O) groups excluding carboxylic acids is 1. The average Bonchev–Trinajstić information content (AvgIpc) is 2.00. The molecule has 1 unspecified atom stereocenters. The molecule has 15 heavy (non-hydrogen) atoms. The van der Waals surface area contributed by atoms with E-state index in [2.05, 4.69) is 12.6 Å². The first-order valence-corrected chi connectivity index (χ1v) is 7.22. The summed E-state index contributed by atoms with van der Waals surface area (Å²) in [5, 5.41) is -0.0998. The lowest BCUT2D eigenvalue weighted by Gasteiger charge is -2.21. The van der Waals surface area contributed by atoms with E-state index in [-0.39, 0.29) is 23.2 Å². The van der Waals surface area contributed by atoms with Gasteiger partial charge in [0, 0.05) is 24.2 Å². The highest BCUT2D eigenvalue weighted by Crippen LogP contribution is 2.14. The maximum atomic E-state index is 11.0. The minimum Gasteiger partial charge on any atom is -0.391 e. The molecule has 0 saturated heterocycles. The van der Waals surface area contributed by atoms with E-state index in [0.29, 0.717) is 6.04 Å². The van der Waals surface area contributed by atoms with Crippen LogP contribution in [0.4, 0.5) is 0 Å². The second-order valence-electron chi connectivity index (χ2n) is 4.15. The third-order valence-electron chi connectivity index (χ3n) is 1.63. The van der Waals surface area contributed by atoms with Crippen LogP contribution in [0.3, 0.4) is 0 Å². The van der Waals surface area contributed by atoms with E-state index < -0.39 is 9.28 Å². The van der Waals surface area contributed by atoms with E-state index in [4.69, 9.17) is 8.85 Å². The lowest BCUT2D eigenvalue weighted by atomic mass is 10.2. The Bertz CT molecular complexity index is 187. The molecule has 0 aromatic rings. The summed E-state index contributed by atoms with van der Waals surface area (Å²) in [6.45, 7) is 9.75. The first kappa shape index (κ1) is 15.2. The predicted octanol–water partition coefficient (Wildman–Crippen LogP) is 2.42. The topological polar surface area (TPSA) is 35.5 Å². The van der Waals surface area contributed by atoms with E-state index in [1.54, 1.807) is 0 Å². The molecule has 0 aliphatic carbocycles. The molecule has 0 amide bonds. The fourth-order valence-electron chi connectivity index (χ4n) is 0.987. The van der Waals surface area contributed by atoms with Gasteiger partial charge in [-0.15, -0.1) is 12.6 Å². The van der Waals surface area contributed by atoms with Gasteiger partial charge in [-0.1, -0.05) is 6.92 Å². The summed E-state index contributed by atoms with van der Waals surface area (Å²) in [6.07, 6.45) is 0.278. The monoisotopic (exact) mass is 249 g/mol. The Kier molecular flexibility index (Phi) is 7.51. The molecule has 0 aliphatic rings. The van der Waals surface area contributed by atoms with Crippen LogP contribution in [0, 0.1) is 5.92 Å². The number of rotatable bonds is 7. The molecule has 0 aliphatic heterocycles. The van der Waals surface area contributed by atoms with Gasteiger partial charge in [0.15, 0.2) is 5.12 Å². The largest absolute Gasteiger partial charge is 0.391 e. The summed E-state index contributed by atoms with van der Waals surface area (Å²) in [7, 11) is -1.36. The first-order valence-electron chi connectivity index (χ1n) is 5.24. The molecule has 0 rings (SSSR count). The number of carbonyl (C=O) groups is 1. The fraction of sp³-hybridized carbons (Fsp3) is 0.900. The van der Waals surface area contributed by atoms with Gasteiger partial charge in [0.25, 0.3) is 0 Å². The van der Waals surface area contributed by atoms with Gasteiger partial charge in [0.2, 0.25) is 0 Å². The van der Waals surface area contributed by atoms with Crippen LogP contribution in [0.15, 0.2) is 0 Å². The van der Waals surface area contributed by atoms with Crippen molar-refractivity contribution in [2.24, 2.45) is 5.92 Å². The van der Waals surface area contributed by atoms with Gasteiger partial charge in [-0.3, -0.25) is 4.79 Å². The molecule has 3 nitrogen and oxygen atoms in total. The van der Waals surface area contributed by atoms with E-state index in [1.165, 1.54) is 0 Å². The van der Waals surface area contributed by atoms with Crippen LogP contribution in [0.5, 0.6) is 0 Å². The Morgan fingerprint density at radius 1 is 1.13 bits per heavy atom. The second-order valence-corrected chi connectivity index (χ2v) is 6.21. The molecule has 0 N–H and O–H groups in total. The van der Waals surface area contributed by atoms with Crippen molar-refractivity contribution in [1.82, 2.24) is 0 Å². The van der Waals surface area contributed by atoms with Gasteiger partial charge in [-0.05, 0) is 27.7 Å². The number of hydrogen-bond donors (Lipinski definition) is 1. The minimum atomic E-state index is -1.36. The second kappa shape index (κ2) is 7.43. The van der Waals surface area contributed by atoms with Crippen LogP contribution >= 0.6 is 12.6 Å². The highest BCUT2D eigenvalue weighted by Gasteiger charge is 2.24. The van der Waals surface area contributed by atoms with Gasteiger partial charge in [0.05, 0.1) is 0 Å². The zero-order valence-electron chi connectivity index (χ0n) is 10.1. The van der Waals surface area contributed by atoms with E-state index >= 15 is 0 Å². The average molecular weight is 249 g/mol. The zero-order valence-corrected chi connectivity index (χ0v) is 12.0. The highest BCUT2D eigenvalue weighted by atomic mass is 32.1. The molecule has 0 fully saturated rings. The van der Waals surface area contributed by atoms with Crippen LogP contribution in [-0.2, 0) is 13.6 Å². The summed E-state index contributed by atoms with van der Waals surface area (Å²) in [4.78, 5) is 11.0. The van der Waals surface area contributed by atoms with Gasteiger partial charge in [-0.2, -0.15) is 0 Å². The fourth-order valence-corrected chi connectivity index (χ4v) is 3.24. The molecule has 0 aromatic carbocycles. The van der Waals surface area contributed by atoms with Crippen molar-refractivity contribution in [2.75, 3.05) is 0 Å². The third kappa shape index (κ3) is 8.01. The summed E-state index contributed by atoms with van der Waals surface area (Å²) >= 11 is 3.82. The van der Waals surface area contributed by atoms with Gasteiger partial charge in [-0.25, -0.2) is 0 Å². The molecule has 1 atom stereocenters. The summed E-state index contributed by atoms with van der Waals surface area (Å²) in [5.74, 6) is -0.0975. The zero-order chi connectivity index (χ0) is 12.0. The summed E-state index contributed by atoms with van der Waals surface area (Å²) in [5.41, 5.74) is 0. The quantitative estimate of drug-likeness (QED) is 0.556. The van der Waals surface area contributed by atoms with Crippen molar-refractivity contribution in [3.63, 3.8) is 0 Å². The molecule has 5 heteroatoms. The third-order valence-corrected chi connectivity index (χ3v) is 4.48. The van der Waals surface area contributed by atoms with Crippen molar-refractivity contribution < 1.29 is 13.6 Å². The Morgan fingerprint density at radius 2 is 1.53 bits per heavy atom. The molecular weight excluding hydrogens is 228 g/mol. The lowest BCUT2D eigenvalue weighted by molar-refractivity contribution is -0.113. The Balaban J connectivity index is 4.17. The Labute approximate surface area is 99.8 Å². The van der Waals surface area contributed by atoms with E-state index in [0.717, 1.165) is 0 Å². The number of thiol groups is 1. The van der Waals surface area contributed by atoms with Crippen molar-refractivity contribution in [1.29, 1.82) is 0 Å². The Hall–Kier alpha value is 0.157. The van der Waals surface area contributed by atoms with Crippen molar-refractivity contribution in [3.05, 3.63) is 0 Å². The lowest BCUT2D eigenvalue weighted by Crippen LogP contribution is -2.32. The van der Waals surface area contributed by atoms with Gasteiger partial charge < -0.3 is 8.85 Å². The first-order chi connectivity index (χ1) is 6.82. The standard InChI is InChI=1S/C10H21O3SSi/c1-7(2)12-15(13-8(3)4)6-9(5)10(11)14/h7-9H,6H2,1-5H3,(H,11,14). The van der Waals surface area contributed by atoms with Crippen LogP contribution < -0.4 is 0 Å². The van der Waals surface area contributed by atoms with E-state index in [9.17, 15) is 4.79 Å². The molecule has 0 aromatic heterocycles. The summed E-state index contributed by atoms with van der Waals surface area (Å²) < 4.78 is 11.4. The van der Waals surface area contributed by atoms with E-state index in [1.807, 2.05) is 34.6 Å². The minimum absolute atomic E-state index is 0.0975. The molecule has 89 valence electrons. The normalized spacial score (nSPS) is 13.9. The Morgan fingerprint density at radius 3 is 1.80 bits per heavy atom. The van der Waals surface area contributed by atoms with Crippen molar-refractivity contribution in [2.45, 2.75) is 52.9 Å². The molecule has 0 saturated carbocycles. The maximum Gasteiger partial charge on any atom is 0.385 e. The van der Waals surface area contributed by atoms with Gasteiger partial charge in [0.1, 0.15) is 0 Å². The van der Waals surface area contributed by atoms with Crippen LogP contribution in [0.1, 0.15) is 34.6 Å². The van der Waals surface area contributed by atoms with Crippen LogP contribution in [-0.4, -0.2) is 26.6 Å². The molecule has 0 heterocycles. The predicted molar refractivity (Wildman–Crippen MR) is 66.2 cm³/mol. The van der Waals surface area contributed by atoms with Crippen molar-refractivity contribution in [3.8, 4) is 0 Å². The summed E-state index contributed by atoms with van der Waals surface area (Å²) in [6, 6.07) is 0.656. The molecular formula is C10H21O3SSi. The maximum absolute atomic E-state index is 11.0. The van der Waals surface area contributed by atoms with Gasteiger partial charge >= 0.3 is 9.28 Å². The smallest absolute Gasteiger partial charge is 0.385 e. The highest BCUT2D eigenvalue weighted by molar-refractivity contribution is 7.96. The SMILES string of the molecule is CC(C)O[Si](CC(C)C(=O)S)OC(C)C.